The number of esters is 1. The second-order valence-electron chi connectivity index (χ2n) is 3.86. The number of hydrogen-bond donors (Lipinski definition) is 1. The molecule has 1 N–H and O–H groups in total. The van der Waals surface area contributed by atoms with Crippen molar-refractivity contribution in [3.8, 4) is 0 Å². The smallest absolute Gasteiger partial charge is 0.308 e. The summed E-state index contributed by atoms with van der Waals surface area (Å²) in [4.78, 5) is 13.1. The second kappa shape index (κ2) is 6.79. The van der Waals surface area contributed by atoms with E-state index < -0.39 is 6.10 Å². The highest BCUT2D eigenvalue weighted by atomic mass is 16.5. The molecule has 0 radical (unpaired) electrons. The number of ether oxygens (including phenoxy) is 1. The van der Waals surface area contributed by atoms with E-state index in [9.17, 15) is 9.90 Å². The number of likely N-dealkylation sites (N-methyl/N-ethyl adjacent to an activating group) is 1. The lowest BCUT2D eigenvalue weighted by atomic mass is 10.1. The van der Waals surface area contributed by atoms with Crippen LogP contribution in [0.3, 0.4) is 0 Å². The zero-order valence-electron chi connectivity index (χ0n) is 9.49. The fourth-order valence-electron chi connectivity index (χ4n) is 0.961. The van der Waals surface area contributed by atoms with Crippen molar-refractivity contribution < 1.29 is 14.6 Å². The van der Waals surface area contributed by atoms with Gasteiger partial charge < -0.3 is 14.7 Å². The van der Waals surface area contributed by atoms with Crippen molar-refractivity contribution in [1.82, 2.24) is 4.90 Å². The van der Waals surface area contributed by atoms with Gasteiger partial charge in [0.1, 0.15) is 12.7 Å². The molecule has 0 aliphatic rings. The van der Waals surface area contributed by atoms with Gasteiger partial charge in [-0.25, -0.2) is 0 Å². The second-order valence-corrected chi connectivity index (χ2v) is 3.86. The van der Waals surface area contributed by atoms with E-state index in [1.54, 1.807) is 0 Å². The van der Waals surface area contributed by atoms with Crippen molar-refractivity contribution >= 4 is 5.97 Å². The third kappa shape index (κ3) is 5.94. The molecule has 14 heavy (non-hydrogen) atoms. The summed E-state index contributed by atoms with van der Waals surface area (Å²) in [7, 11) is 3.72. The minimum atomic E-state index is -0.599. The molecule has 2 atom stereocenters. The molecule has 84 valence electrons. The monoisotopic (exact) mass is 203 g/mol. The number of aliphatic hydroxyl groups is 1. The van der Waals surface area contributed by atoms with Crippen LogP contribution in [0.1, 0.15) is 20.3 Å². The first kappa shape index (κ1) is 13.4. The van der Waals surface area contributed by atoms with Gasteiger partial charge in [0.2, 0.25) is 0 Å². The molecule has 0 aromatic heterocycles. The first-order valence-corrected chi connectivity index (χ1v) is 4.96. The Balaban J connectivity index is 3.66. The summed E-state index contributed by atoms with van der Waals surface area (Å²) in [6, 6.07) is 0. The van der Waals surface area contributed by atoms with Gasteiger partial charge in [-0.05, 0) is 20.5 Å². The fraction of sp³-hybridized carbons (Fsp3) is 0.900. The van der Waals surface area contributed by atoms with E-state index in [4.69, 9.17) is 4.74 Å². The Labute approximate surface area is 85.9 Å². The highest BCUT2D eigenvalue weighted by molar-refractivity contribution is 5.71. The van der Waals surface area contributed by atoms with Gasteiger partial charge in [0.25, 0.3) is 0 Å². The van der Waals surface area contributed by atoms with Gasteiger partial charge >= 0.3 is 5.97 Å². The van der Waals surface area contributed by atoms with E-state index in [1.165, 1.54) is 0 Å². The fourth-order valence-corrected chi connectivity index (χ4v) is 0.961. The molecule has 0 aliphatic carbocycles. The van der Waals surface area contributed by atoms with Gasteiger partial charge in [0.05, 0.1) is 5.92 Å². The molecule has 0 spiro atoms. The number of carbonyl (C=O) groups is 1. The predicted octanol–water partition coefficient (Wildman–Crippen LogP) is 0.498. The van der Waals surface area contributed by atoms with Crippen molar-refractivity contribution in [2.75, 3.05) is 27.2 Å². The highest BCUT2D eigenvalue weighted by Crippen LogP contribution is 2.03. The number of nitrogens with zero attached hydrogens (tertiary/aromatic N) is 1. The Hall–Kier alpha value is -0.610. The normalized spacial score (nSPS) is 15.3. The van der Waals surface area contributed by atoms with E-state index in [0.717, 1.165) is 6.42 Å². The van der Waals surface area contributed by atoms with Crippen molar-refractivity contribution in [2.45, 2.75) is 26.4 Å². The third-order valence-corrected chi connectivity index (χ3v) is 2.01. The summed E-state index contributed by atoms with van der Waals surface area (Å²) in [6.45, 7) is 4.35. The van der Waals surface area contributed by atoms with E-state index in [0.29, 0.717) is 6.54 Å². The molecule has 0 saturated heterocycles. The SMILES string of the molecule is CCC(C)C(=O)OCC(O)CN(C)C. The van der Waals surface area contributed by atoms with Crippen LogP contribution in [0.4, 0.5) is 0 Å². The van der Waals surface area contributed by atoms with Crippen molar-refractivity contribution in [2.24, 2.45) is 5.92 Å². The summed E-state index contributed by atoms with van der Waals surface area (Å²) in [5.41, 5.74) is 0. The van der Waals surface area contributed by atoms with Gasteiger partial charge in [0, 0.05) is 6.54 Å². The number of carbonyl (C=O) groups excluding carboxylic acids is 1. The number of aliphatic hydroxyl groups excluding tert-OH is 1. The summed E-state index contributed by atoms with van der Waals surface area (Å²) in [6.07, 6.45) is 0.167. The zero-order chi connectivity index (χ0) is 11.1. The number of hydrogen-bond acceptors (Lipinski definition) is 4. The quantitative estimate of drug-likeness (QED) is 0.639. The number of rotatable bonds is 6. The van der Waals surface area contributed by atoms with E-state index in [2.05, 4.69) is 0 Å². The molecule has 4 heteroatoms. The van der Waals surface area contributed by atoms with Crippen LogP contribution in [0, 0.1) is 5.92 Å². The molecular weight excluding hydrogens is 182 g/mol. The van der Waals surface area contributed by atoms with Gasteiger partial charge in [0.15, 0.2) is 0 Å². The minimum Gasteiger partial charge on any atom is -0.463 e. The predicted molar refractivity (Wildman–Crippen MR) is 55.0 cm³/mol. The van der Waals surface area contributed by atoms with Crippen LogP contribution in [-0.4, -0.2) is 49.3 Å². The van der Waals surface area contributed by atoms with Crippen LogP contribution < -0.4 is 0 Å². The summed E-state index contributed by atoms with van der Waals surface area (Å²) >= 11 is 0. The summed E-state index contributed by atoms with van der Waals surface area (Å²) < 4.78 is 4.94. The Bertz CT molecular complexity index is 171. The highest BCUT2D eigenvalue weighted by Gasteiger charge is 2.14. The lowest BCUT2D eigenvalue weighted by molar-refractivity contribution is -0.151. The molecule has 0 aliphatic heterocycles. The minimum absolute atomic E-state index is 0.0819. The average molecular weight is 203 g/mol. The van der Waals surface area contributed by atoms with Gasteiger partial charge in [-0.2, -0.15) is 0 Å². The Morgan fingerprint density at radius 2 is 2.07 bits per heavy atom. The van der Waals surface area contributed by atoms with Crippen LogP contribution in [-0.2, 0) is 9.53 Å². The molecule has 0 aromatic carbocycles. The van der Waals surface area contributed by atoms with Crippen LogP contribution in [0.2, 0.25) is 0 Å². The maximum Gasteiger partial charge on any atom is 0.308 e. The topological polar surface area (TPSA) is 49.8 Å². The molecule has 0 saturated carbocycles. The Morgan fingerprint density at radius 3 is 2.50 bits per heavy atom. The van der Waals surface area contributed by atoms with Crippen LogP contribution in [0.15, 0.2) is 0 Å². The van der Waals surface area contributed by atoms with Gasteiger partial charge in [-0.1, -0.05) is 13.8 Å². The molecule has 2 unspecified atom stereocenters. The van der Waals surface area contributed by atoms with Gasteiger partial charge in [-0.15, -0.1) is 0 Å². The first-order valence-electron chi connectivity index (χ1n) is 4.96. The van der Waals surface area contributed by atoms with Crippen molar-refractivity contribution in [3.05, 3.63) is 0 Å². The summed E-state index contributed by atoms with van der Waals surface area (Å²) in [5, 5.41) is 9.40. The third-order valence-electron chi connectivity index (χ3n) is 2.01. The first-order chi connectivity index (χ1) is 6.47. The van der Waals surface area contributed by atoms with Crippen LogP contribution in [0.25, 0.3) is 0 Å². The Kier molecular flexibility index (Phi) is 6.49. The maximum absolute atomic E-state index is 11.2. The van der Waals surface area contributed by atoms with E-state index in [-0.39, 0.29) is 18.5 Å². The van der Waals surface area contributed by atoms with Crippen molar-refractivity contribution in [1.29, 1.82) is 0 Å². The zero-order valence-corrected chi connectivity index (χ0v) is 9.49. The molecule has 0 heterocycles. The molecule has 0 fully saturated rings. The van der Waals surface area contributed by atoms with Crippen LogP contribution in [0.5, 0.6) is 0 Å². The average Bonchev–Trinajstić information content (AvgIpc) is 2.11. The maximum atomic E-state index is 11.2. The lowest BCUT2D eigenvalue weighted by Crippen LogP contribution is -2.31. The molecule has 4 nitrogen and oxygen atoms in total. The lowest BCUT2D eigenvalue weighted by Gasteiger charge is -2.16. The van der Waals surface area contributed by atoms with E-state index in [1.807, 2.05) is 32.8 Å². The molecule has 0 bridgehead atoms. The standard InChI is InChI=1S/C10H21NO3/c1-5-8(2)10(13)14-7-9(12)6-11(3)4/h8-9,12H,5-7H2,1-4H3. The van der Waals surface area contributed by atoms with Crippen LogP contribution >= 0.6 is 0 Å². The van der Waals surface area contributed by atoms with E-state index >= 15 is 0 Å². The molecule has 0 amide bonds. The van der Waals surface area contributed by atoms with Gasteiger partial charge in [-0.3, -0.25) is 4.79 Å². The molecule has 0 rings (SSSR count). The molecule has 0 aromatic rings. The van der Waals surface area contributed by atoms with Crippen molar-refractivity contribution in [3.63, 3.8) is 0 Å². The summed E-state index contributed by atoms with van der Waals surface area (Å²) in [5.74, 6) is -0.313. The molecular formula is C10H21NO3. The largest absolute Gasteiger partial charge is 0.463 e. The Morgan fingerprint density at radius 1 is 1.50 bits per heavy atom.